The van der Waals surface area contributed by atoms with Crippen molar-refractivity contribution in [3.8, 4) is 0 Å². The Kier molecular flexibility index (Phi) is 7.25. The zero-order chi connectivity index (χ0) is 3.58. The molecule has 4 heteroatoms. The number of rotatable bonds is 0. The monoisotopic (exact) mass is 96.0 g/mol. The Morgan fingerprint density at radius 1 is 1.80 bits per heavy atom. The van der Waals surface area contributed by atoms with Gasteiger partial charge in [0, 0.05) is 0 Å². The van der Waals surface area contributed by atoms with Crippen molar-refractivity contribution in [2.24, 2.45) is 0 Å². The molecule has 0 aromatic rings. The zero-order valence-electron chi connectivity index (χ0n) is 2.93. The van der Waals surface area contributed by atoms with E-state index in [1.165, 1.54) is 0 Å². The van der Waals surface area contributed by atoms with Crippen LogP contribution in [0.2, 0.25) is 0 Å². The molecule has 0 aliphatic rings. The average molecular weight is 96.1 g/mol. The highest BCUT2D eigenvalue weighted by Gasteiger charge is 1.41. The SMILES string of the molecule is CS(=O)[O-].N. The third-order valence-corrected chi connectivity index (χ3v) is 0. The van der Waals surface area contributed by atoms with E-state index in [2.05, 4.69) is 0 Å². The van der Waals surface area contributed by atoms with Gasteiger partial charge in [0.1, 0.15) is 0 Å². The van der Waals surface area contributed by atoms with Crippen molar-refractivity contribution >= 4 is 11.1 Å². The van der Waals surface area contributed by atoms with Crippen LogP contribution in [0.1, 0.15) is 0 Å². The lowest BCUT2D eigenvalue weighted by Gasteiger charge is -1.85. The topological polar surface area (TPSA) is 75.1 Å². The fraction of sp³-hybridized carbons (Fsp3) is 1.00. The van der Waals surface area contributed by atoms with Gasteiger partial charge >= 0.3 is 0 Å². The quantitative estimate of drug-likeness (QED) is 0.419. The average Bonchev–Trinajstić information content (AvgIpc) is 0.811. The predicted molar refractivity (Wildman–Crippen MR) is 19.9 cm³/mol. The van der Waals surface area contributed by atoms with E-state index in [0.717, 1.165) is 6.26 Å². The second-order valence-corrected chi connectivity index (χ2v) is 1.20. The first-order valence-electron chi connectivity index (χ1n) is 0.742. The normalized spacial score (nSPS) is 12.4. The van der Waals surface area contributed by atoms with E-state index in [9.17, 15) is 0 Å². The maximum Gasteiger partial charge on any atom is -0.00142 e. The van der Waals surface area contributed by atoms with Crippen LogP contribution in [0.5, 0.6) is 0 Å². The molecule has 0 saturated carbocycles. The van der Waals surface area contributed by atoms with Crippen LogP contribution >= 0.6 is 0 Å². The second kappa shape index (κ2) is 4.07. The molecule has 0 aromatic heterocycles. The maximum absolute atomic E-state index is 9.00. The molecule has 0 rings (SSSR count). The second-order valence-electron chi connectivity index (χ2n) is 0.401. The largest absolute Gasteiger partial charge is 0.773 e. The molecular weight excluding hydrogens is 90.1 g/mol. The van der Waals surface area contributed by atoms with E-state index >= 15 is 0 Å². The smallest absolute Gasteiger partial charge is 0.00142 e. The van der Waals surface area contributed by atoms with Crippen molar-refractivity contribution in [1.29, 1.82) is 0 Å². The van der Waals surface area contributed by atoms with Crippen molar-refractivity contribution in [3.05, 3.63) is 0 Å². The van der Waals surface area contributed by atoms with Crippen LogP contribution in [-0.2, 0) is 11.1 Å². The molecule has 0 heterocycles. The van der Waals surface area contributed by atoms with Gasteiger partial charge in [-0.1, -0.05) is 11.1 Å². The van der Waals surface area contributed by atoms with Gasteiger partial charge < -0.3 is 10.7 Å². The number of hydrogen-bond donors (Lipinski definition) is 1. The summed E-state index contributed by atoms with van der Waals surface area (Å²) >= 11 is -1.86. The minimum atomic E-state index is -1.86. The lowest BCUT2D eigenvalue weighted by atomic mass is 12.0. The van der Waals surface area contributed by atoms with E-state index in [1.54, 1.807) is 0 Å². The molecule has 1 atom stereocenters. The van der Waals surface area contributed by atoms with E-state index in [1.807, 2.05) is 0 Å². The zero-order valence-corrected chi connectivity index (χ0v) is 3.75. The highest BCUT2D eigenvalue weighted by atomic mass is 32.2. The first-order valence-corrected chi connectivity index (χ1v) is 2.22. The molecule has 0 bridgehead atoms. The molecule has 0 aliphatic carbocycles. The van der Waals surface area contributed by atoms with Gasteiger partial charge in [-0.15, -0.1) is 0 Å². The third-order valence-electron chi connectivity index (χ3n) is 0. The Labute approximate surface area is 33.3 Å². The summed E-state index contributed by atoms with van der Waals surface area (Å²) in [7, 11) is 0. The molecule has 0 aromatic carbocycles. The summed E-state index contributed by atoms with van der Waals surface area (Å²) in [6, 6.07) is 0. The highest BCUT2D eigenvalue weighted by molar-refractivity contribution is 7.78. The van der Waals surface area contributed by atoms with E-state index in [0.29, 0.717) is 0 Å². The molecule has 0 spiro atoms. The molecule has 0 fully saturated rings. The predicted octanol–water partition coefficient (Wildman–Crippen LogP) is -0.343. The van der Waals surface area contributed by atoms with Crippen LogP contribution in [0.3, 0.4) is 0 Å². The molecule has 0 amide bonds. The molecule has 0 radical (unpaired) electrons. The van der Waals surface area contributed by atoms with Crippen LogP contribution in [0.25, 0.3) is 0 Å². The minimum absolute atomic E-state index is 0. The van der Waals surface area contributed by atoms with Gasteiger partial charge in [-0.2, -0.15) is 0 Å². The lowest BCUT2D eigenvalue weighted by molar-refractivity contribution is 0.543. The number of hydrogen-bond acceptors (Lipinski definition) is 3. The molecule has 5 heavy (non-hydrogen) atoms. The van der Waals surface area contributed by atoms with Gasteiger partial charge in [0.05, 0.1) is 0 Å². The molecule has 3 nitrogen and oxygen atoms in total. The molecular formula is CH6NO2S-. The maximum atomic E-state index is 9.00. The van der Waals surface area contributed by atoms with E-state index in [-0.39, 0.29) is 6.15 Å². The van der Waals surface area contributed by atoms with Gasteiger partial charge in [0.2, 0.25) is 0 Å². The van der Waals surface area contributed by atoms with Crippen molar-refractivity contribution in [1.82, 2.24) is 6.15 Å². The van der Waals surface area contributed by atoms with Gasteiger partial charge in [-0.05, 0) is 6.26 Å². The van der Waals surface area contributed by atoms with Gasteiger partial charge in [0.15, 0.2) is 0 Å². The first kappa shape index (κ1) is 8.91. The van der Waals surface area contributed by atoms with Crippen molar-refractivity contribution in [2.45, 2.75) is 0 Å². The summed E-state index contributed by atoms with van der Waals surface area (Å²) in [5.74, 6) is 0. The summed E-state index contributed by atoms with van der Waals surface area (Å²) in [6.45, 7) is 0. The lowest BCUT2D eigenvalue weighted by Crippen LogP contribution is -1.73. The molecule has 0 saturated heterocycles. The molecule has 1 unspecified atom stereocenters. The first-order chi connectivity index (χ1) is 1.73. The fourth-order valence-electron chi connectivity index (χ4n) is 0. The van der Waals surface area contributed by atoms with Crippen LogP contribution in [0.15, 0.2) is 0 Å². The van der Waals surface area contributed by atoms with Crippen LogP contribution < -0.4 is 6.15 Å². The Bertz CT molecular complexity index is 32.6. The van der Waals surface area contributed by atoms with Crippen molar-refractivity contribution < 1.29 is 8.76 Å². The Balaban J connectivity index is 0. The Morgan fingerprint density at radius 2 is 1.80 bits per heavy atom. The summed E-state index contributed by atoms with van der Waals surface area (Å²) in [4.78, 5) is 0. The van der Waals surface area contributed by atoms with Crippen molar-refractivity contribution in [2.75, 3.05) is 6.26 Å². The van der Waals surface area contributed by atoms with E-state index < -0.39 is 11.1 Å². The Hall–Kier alpha value is 0.0700. The third kappa shape index (κ3) is 3560. The van der Waals surface area contributed by atoms with Gasteiger partial charge in [0.25, 0.3) is 0 Å². The van der Waals surface area contributed by atoms with Crippen LogP contribution in [0.4, 0.5) is 0 Å². The van der Waals surface area contributed by atoms with Gasteiger partial charge in [-0.3, -0.25) is 4.21 Å². The summed E-state index contributed by atoms with van der Waals surface area (Å²) in [6.07, 6.45) is 1.08. The fourth-order valence-corrected chi connectivity index (χ4v) is 0. The summed E-state index contributed by atoms with van der Waals surface area (Å²) < 4.78 is 18.0. The Morgan fingerprint density at radius 3 is 1.80 bits per heavy atom. The summed E-state index contributed by atoms with van der Waals surface area (Å²) in [5, 5.41) is 0. The molecule has 0 aliphatic heterocycles. The van der Waals surface area contributed by atoms with Crippen molar-refractivity contribution in [3.63, 3.8) is 0 Å². The molecule has 34 valence electrons. The molecule has 3 N–H and O–H groups in total. The standard InChI is InChI=1S/CH4O2S.H3N/c1-4(2)3;/h1H3,(H,2,3);1H3/p-1. The van der Waals surface area contributed by atoms with E-state index in [4.69, 9.17) is 8.76 Å². The minimum Gasteiger partial charge on any atom is -0.773 e. The van der Waals surface area contributed by atoms with Crippen LogP contribution in [0, 0.1) is 0 Å². The van der Waals surface area contributed by atoms with Crippen LogP contribution in [-0.4, -0.2) is 15.0 Å². The highest BCUT2D eigenvalue weighted by Crippen LogP contribution is 1.45. The van der Waals surface area contributed by atoms with Gasteiger partial charge in [-0.25, -0.2) is 0 Å². The summed E-state index contributed by atoms with van der Waals surface area (Å²) in [5.41, 5.74) is 0.